The molecule has 2 aromatic heterocycles. The van der Waals surface area contributed by atoms with Crippen molar-refractivity contribution in [3.8, 4) is 0 Å². The molecule has 0 saturated carbocycles. The molecule has 3 atom stereocenters. The monoisotopic (exact) mass is 221 g/mol. The summed E-state index contributed by atoms with van der Waals surface area (Å²) in [5.74, 6) is 0. The van der Waals surface area contributed by atoms with Gasteiger partial charge >= 0.3 is 0 Å². The van der Waals surface area contributed by atoms with E-state index >= 15 is 0 Å². The van der Waals surface area contributed by atoms with E-state index in [4.69, 9.17) is 4.74 Å². The van der Waals surface area contributed by atoms with Crippen molar-refractivity contribution >= 4 is 11.0 Å². The molecule has 3 unspecified atom stereocenters. The average Bonchev–Trinajstić information content (AvgIpc) is 2.85. The molecule has 84 valence electrons. The summed E-state index contributed by atoms with van der Waals surface area (Å²) >= 11 is 0. The van der Waals surface area contributed by atoms with Crippen molar-refractivity contribution in [1.82, 2.24) is 14.5 Å². The molecule has 3 heterocycles. The van der Waals surface area contributed by atoms with Gasteiger partial charge in [-0.2, -0.15) is 0 Å². The van der Waals surface area contributed by atoms with Crippen LogP contribution in [0.4, 0.5) is 0 Å². The molecule has 0 spiro atoms. The third-order valence-electron chi connectivity index (χ3n) is 2.78. The Balaban J connectivity index is 2.06. The van der Waals surface area contributed by atoms with E-state index in [9.17, 15) is 10.2 Å². The number of ether oxygens (including phenoxy) is 1. The van der Waals surface area contributed by atoms with Crippen LogP contribution in [0.3, 0.4) is 0 Å². The minimum Gasteiger partial charge on any atom is -0.388 e. The number of hydrogen-bond acceptors (Lipinski definition) is 5. The first-order valence-electron chi connectivity index (χ1n) is 5.01. The summed E-state index contributed by atoms with van der Waals surface area (Å²) in [4.78, 5) is 8.03. The second-order valence-electron chi connectivity index (χ2n) is 3.81. The van der Waals surface area contributed by atoms with E-state index in [0.717, 1.165) is 5.39 Å². The second-order valence-corrected chi connectivity index (χ2v) is 3.81. The highest BCUT2D eigenvalue weighted by Gasteiger charge is 2.36. The maximum absolute atomic E-state index is 9.75. The van der Waals surface area contributed by atoms with Gasteiger partial charge in [-0.15, -0.1) is 0 Å². The number of aromatic nitrogens is 3. The standard InChI is InChI=1S/C10H11N3O3/c14-7-4-16-10(8(7)15)13-2-1-6-3-11-5-12-9(6)13/h1-3,5,7-8,10,14-15H,4H2. The van der Waals surface area contributed by atoms with Gasteiger partial charge in [-0.25, -0.2) is 9.97 Å². The third kappa shape index (κ3) is 1.31. The summed E-state index contributed by atoms with van der Waals surface area (Å²) < 4.78 is 7.04. The lowest BCUT2D eigenvalue weighted by atomic mass is 10.2. The summed E-state index contributed by atoms with van der Waals surface area (Å²) in [7, 11) is 0. The van der Waals surface area contributed by atoms with E-state index in [0.29, 0.717) is 5.65 Å². The third-order valence-corrected chi connectivity index (χ3v) is 2.78. The lowest BCUT2D eigenvalue weighted by Crippen LogP contribution is -2.27. The van der Waals surface area contributed by atoms with Crippen molar-refractivity contribution in [2.24, 2.45) is 0 Å². The molecule has 1 aliphatic heterocycles. The number of fused-ring (bicyclic) bond motifs is 1. The molecule has 2 N–H and O–H groups in total. The predicted molar refractivity (Wildman–Crippen MR) is 54.5 cm³/mol. The maximum Gasteiger partial charge on any atom is 0.163 e. The fourth-order valence-corrected chi connectivity index (χ4v) is 1.93. The number of aliphatic hydroxyl groups is 2. The molecule has 0 amide bonds. The van der Waals surface area contributed by atoms with Gasteiger partial charge < -0.3 is 19.5 Å². The normalized spacial score (nSPS) is 30.0. The van der Waals surface area contributed by atoms with E-state index in [2.05, 4.69) is 9.97 Å². The Morgan fingerprint density at radius 2 is 2.31 bits per heavy atom. The van der Waals surface area contributed by atoms with Crippen molar-refractivity contribution in [2.75, 3.05) is 6.61 Å². The van der Waals surface area contributed by atoms with Gasteiger partial charge in [-0.1, -0.05) is 0 Å². The predicted octanol–water partition coefficient (Wildman–Crippen LogP) is -0.318. The Labute approximate surface area is 91.1 Å². The molecule has 1 fully saturated rings. The largest absolute Gasteiger partial charge is 0.388 e. The first kappa shape index (κ1) is 9.71. The zero-order chi connectivity index (χ0) is 11.1. The Kier molecular flexibility index (Phi) is 2.13. The summed E-state index contributed by atoms with van der Waals surface area (Å²) in [6.07, 6.45) is 2.55. The Morgan fingerprint density at radius 1 is 1.44 bits per heavy atom. The molecule has 0 aromatic carbocycles. The van der Waals surface area contributed by atoms with Crippen LogP contribution >= 0.6 is 0 Å². The van der Waals surface area contributed by atoms with Gasteiger partial charge in [0, 0.05) is 17.8 Å². The van der Waals surface area contributed by atoms with Crippen molar-refractivity contribution in [2.45, 2.75) is 18.4 Å². The molecule has 0 bridgehead atoms. The molecular weight excluding hydrogens is 210 g/mol. The minimum absolute atomic E-state index is 0.136. The molecular formula is C10H11N3O3. The minimum atomic E-state index is -0.925. The topological polar surface area (TPSA) is 80.4 Å². The molecule has 3 rings (SSSR count). The van der Waals surface area contributed by atoms with E-state index in [1.807, 2.05) is 6.07 Å². The Bertz CT molecular complexity index is 513. The quantitative estimate of drug-likeness (QED) is 0.690. The highest BCUT2D eigenvalue weighted by Crippen LogP contribution is 2.27. The van der Waals surface area contributed by atoms with Crippen LogP contribution < -0.4 is 0 Å². The molecule has 1 aliphatic rings. The highest BCUT2D eigenvalue weighted by atomic mass is 16.5. The van der Waals surface area contributed by atoms with Gasteiger partial charge in [0.1, 0.15) is 24.2 Å². The maximum atomic E-state index is 9.75. The number of nitrogens with zero attached hydrogens (tertiary/aromatic N) is 3. The van der Waals surface area contributed by atoms with Crippen LogP contribution in [-0.4, -0.2) is 43.6 Å². The van der Waals surface area contributed by atoms with Crippen molar-refractivity contribution in [3.63, 3.8) is 0 Å². The lowest BCUT2D eigenvalue weighted by molar-refractivity contribution is -0.0159. The van der Waals surface area contributed by atoms with E-state index in [-0.39, 0.29) is 6.61 Å². The first-order valence-corrected chi connectivity index (χ1v) is 5.01. The van der Waals surface area contributed by atoms with E-state index < -0.39 is 18.4 Å². The number of hydrogen-bond donors (Lipinski definition) is 2. The molecule has 6 heteroatoms. The smallest absolute Gasteiger partial charge is 0.163 e. The van der Waals surface area contributed by atoms with Crippen LogP contribution in [0.15, 0.2) is 24.8 Å². The van der Waals surface area contributed by atoms with Crippen LogP contribution in [0, 0.1) is 0 Å². The zero-order valence-corrected chi connectivity index (χ0v) is 8.39. The van der Waals surface area contributed by atoms with Gasteiger partial charge in [-0.05, 0) is 6.07 Å². The van der Waals surface area contributed by atoms with E-state index in [1.54, 1.807) is 17.0 Å². The summed E-state index contributed by atoms with van der Waals surface area (Å²) in [6, 6.07) is 1.84. The summed E-state index contributed by atoms with van der Waals surface area (Å²) in [5, 5.41) is 20.0. The van der Waals surface area contributed by atoms with Crippen LogP contribution in [0.5, 0.6) is 0 Å². The zero-order valence-electron chi connectivity index (χ0n) is 8.39. The summed E-state index contributed by atoms with van der Waals surface area (Å²) in [5.41, 5.74) is 0.688. The average molecular weight is 221 g/mol. The van der Waals surface area contributed by atoms with Gasteiger partial charge in [-0.3, -0.25) is 0 Å². The van der Waals surface area contributed by atoms with Gasteiger partial charge in [0.25, 0.3) is 0 Å². The fraction of sp³-hybridized carbons (Fsp3) is 0.400. The Hall–Kier alpha value is -1.50. The summed E-state index contributed by atoms with van der Waals surface area (Å²) in [6.45, 7) is 0.136. The number of aliphatic hydroxyl groups excluding tert-OH is 2. The van der Waals surface area contributed by atoms with Gasteiger partial charge in [0.15, 0.2) is 6.23 Å². The molecule has 0 radical (unpaired) electrons. The van der Waals surface area contributed by atoms with Crippen LogP contribution in [0.25, 0.3) is 11.0 Å². The molecule has 16 heavy (non-hydrogen) atoms. The van der Waals surface area contributed by atoms with Crippen LogP contribution in [0.2, 0.25) is 0 Å². The van der Waals surface area contributed by atoms with Crippen molar-refractivity contribution in [1.29, 1.82) is 0 Å². The number of rotatable bonds is 1. The van der Waals surface area contributed by atoms with Crippen LogP contribution in [-0.2, 0) is 4.74 Å². The SMILES string of the molecule is OC1COC(n2ccc3cncnc32)C1O. The molecule has 0 aliphatic carbocycles. The van der Waals surface area contributed by atoms with Crippen molar-refractivity contribution < 1.29 is 14.9 Å². The highest BCUT2D eigenvalue weighted by molar-refractivity contribution is 5.74. The van der Waals surface area contributed by atoms with Crippen molar-refractivity contribution in [3.05, 3.63) is 24.8 Å². The van der Waals surface area contributed by atoms with E-state index in [1.165, 1.54) is 6.33 Å². The molecule has 6 nitrogen and oxygen atoms in total. The van der Waals surface area contributed by atoms with Gasteiger partial charge in [0.2, 0.25) is 0 Å². The van der Waals surface area contributed by atoms with Crippen LogP contribution in [0.1, 0.15) is 6.23 Å². The first-order chi connectivity index (χ1) is 7.77. The lowest BCUT2D eigenvalue weighted by Gasteiger charge is -2.17. The second kappa shape index (κ2) is 3.51. The fourth-order valence-electron chi connectivity index (χ4n) is 1.93. The van der Waals surface area contributed by atoms with Gasteiger partial charge in [0.05, 0.1) is 6.61 Å². The molecule has 1 saturated heterocycles. The Morgan fingerprint density at radius 3 is 3.06 bits per heavy atom. The molecule has 2 aromatic rings.